The third kappa shape index (κ3) is 3.78. The maximum atomic E-state index is 13.3. The quantitative estimate of drug-likeness (QED) is 0.608. The van der Waals surface area contributed by atoms with Crippen LogP contribution in [-0.2, 0) is 14.8 Å². The Labute approximate surface area is 186 Å². The normalized spacial score (nSPS) is 21.6. The van der Waals surface area contributed by atoms with Gasteiger partial charge in [0.2, 0.25) is 15.9 Å². The average Bonchev–Trinajstić information content (AvgIpc) is 3.59. The topological polar surface area (TPSA) is 70.6 Å². The molecule has 0 N–H and O–H groups in total. The number of aryl methyl sites for hydroxylation is 1. The van der Waals surface area contributed by atoms with Crippen LogP contribution in [0.1, 0.15) is 23.5 Å². The Morgan fingerprint density at radius 2 is 1.78 bits per heavy atom. The number of nitrogens with zero attached hydrogens (tertiary/aromatic N) is 3. The highest BCUT2D eigenvalue weighted by atomic mass is 32.2. The van der Waals surface area contributed by atoms with Gasteiger partial charge in [0.05, 0.1) is 5.52 Å². The van der Waals surface area contributed by atoms with Gasteiger partial charge in [0, 0.05) is 43.7 Å². The van der Waals surface area contributed by atoms with Crippen molar-refractivity contribution >= 4 is 26.8 Å². The molecule has 1 aliphatic carbocycles. The summed E-state index contributed by atoms with van der Waals surface area (Å²) in [6.45, 7) is 3.16. The number of halogens is 1. The molecule has 1 saturated heterocycles. The summed E-state index contributed by atoms with van der Waals surface area (Å²) in [4.78, 5) is 19.2. The highest BCUT2D eigenvalue weighted by Crippen LogP contribution is 2.48. The Balaban J connectivity index is 1.27. The molecule has 0 radical (unpaired) electrons. The molecule has 32 heavy (non-hydrogen) atoms. The maximum Gasteiger partial charge on any atom is 0.245 e. The van der Waals surface area contributed by atoms with Crippen molar-refractivity contribution in [1.29, 1.82) is 0 Å². The van der Waals surface area contributed by atoms with Gasteiger partial charge in [-0.25, -0.2) is 12.8 Å². The third-order valence-corrected chi connectivity index (χ3v) is 8.31. The van der Waals surface area contributed by atoms with Gasteiger partial charge in [0.15, 0.2) is 0 Å². The molecule has 1 amide bonds. The Hall–Kier alpha value is -2.84. The van der Waals surface area contributed by atoms with Gasteiger partial charge in [0.1, 0.15) is 10.7 Å². The number of carbonyl (C=O) groups is 1. The first-order valence-electron chi connectivity index (χ1n) is 10.7. The van der Waals surface area contributed by atoms with Crippen LogP contribution in [0.5, 0.6) is 0 Å². The SMILES string of the molecule is Cc1cnc2c(S(=O)(=O)N3CCN(C(=O)C4CC4c4ccc(F)cc4)CC3)cccc2c1. The Kier molecular flexibility index (Phi) is 5.22. The fourth-order valence-electron chi connectivity index (χ4n) is 4.52. The van der Waals surface area contributed by atoms with E-state index in [0.29, 0.717) is 18.6 Å². The lowest BCUT2D eigenvalue weighted by Gasteiger charge is -2.34. The van der Waals surface area contributed by atoms with Crippen molar-refractivity contribution in [1.82, 2.24) is 14.2 Å². The first-order chi connectivity index (χ1) is 15.3. The molecule has 2 aliphatic rings. The second kappa shape index (κ2) is 7.94. The summed E-state index contributed by atoms with van der Waals surface area (Å²) >= 11 is 0. The van der Waals surface area contributed by atoms with Gasteiger partial charge in [-0.3, -0.25) is 9.78 Å². The zero-order valence-corrected chi connectivity index (χ0v) is 18.6. The lowest BCUT2D eigenvalue weighted by Crippen LogP contribution is -2.51. The molecule has 2 aromatic carbocycles. The number of fused-ring (bicyclic) bond motifs is 1. The predicted octanol–water partition coefficient (Wildman–Crippen LogP) is 3.32. The lowest BCUT2D eigenvalue weighted by atomic mass is 10.1. The van der Waals surface area contributed by atoms with Gasteiger partial charge in [-0.1, -0.05) is 24.3 Å². The van der Waals surface area contributed by atoms with Crippen LogP contribution in [-0.4, -0.2) is 54.7 Å². The number of benzene rings is 2. The summed E-state index contributed by atoms with van der Waals surface area (Å²) < 4.78 is 41.2. The molecule has 2 unspecified atom stereocenters. The van der Waals surface area contributed by atoms with Crippen molar-refractivity contribution in [3.63, 3.8) is 0 Å². The zero-order valence-electron chi connectivity index (χ0n) is 17.7. The predicted molar refractivity (Wildman–Crippen MR) is 119 cm³/mol. The number of hydrogen-bond donors (Lipinski definition) is 0. The van der Waals surface area contributed by atoms with Gasteiger partial charge in [-0.15, -0.1) is 0 Å². The van der Waals surface area contributed by atoms with E-state index in [1.54, 1.807) is 35.4 Å². The van der Waals surface area contributed by atoms with Crippen molar-refractivity contribution in [2.75, 3.05) is 26.2 Å². The number of aromatic nitrogens is 1. The number of carbonyl (C=O) groups excluding carboxylic acids is 1. The molecule has 1 saturated carbocycles. The first-order valence-corrected chi connectivity index (χ1v) is 12.2. The zero-order chi connectivity index (χ0) is 22.5. The van der Waals surface area contributed by atoms with E-state index in [9.17, 15) is 17.6 Å². The number of hydrogen-bond acceptors (Lipinski definition) is 4. The molecule has 2 heterocycles. The van der Waals surface area contributed by atoms with Crippen LogP contribution in [0.25, 0.3) is 10.9 Å². The second-order valence-electron chi connectivity index (χ2n) is 8.57. The molecular formula is C24H24FN3O3S. The highest BCUT2D eigenvalue weighted by molar-refractivity contribution is 7.89. The first kappa shape index (κ1) is 21.0. The fourth-order valence-corrected chi connectivity index (χ4v) is 6.11. The standard InChI is InChI=1S/C24H24FN3O3S/c1-16-13-18-3-2-4-22(23(18)26-15-16)32(30,31)28-11-9-27(10-12-28)24(29)21-14-20(21)17-5-7-19(25)8-6-17/h2-8,13,15,20-21H,9-12,14H2,1H3. The van der Waals surface area contributed by atoms with E-state index in [1.165, 1.54) is 16.4 Å². The Morgan fingerprint density at radius 3 is 2.50 bits per heavy atom. The summed E-state index contributed by atoms with van der Waals surface area (Å²) in [7, 11) is -3.72. The fraction of sp³-hybridized carbons (Fsp3) is 0.333. The van der Waals surface area contributed by atoms with Crippen molar-refractivity contribution < 1.29 is 17.6 Å². The van der Waals surface area contributed by atoms with E-state index in [4.69, 9.17) is 0 Å². The van der Waals surface area contributed by atoms with Gasteiger partial charge in [-0.05, 0) is 54.7 Å². The van der Waals surface area contributed by atoms with Crippen LogP contribution >= 0.6 is 0 Å². The summed E-state index contributed by atoms with van der Waals surface area (Å²) in [6, 6.07) is 13.4. The van der Waals surface area contributed by atoms with E-state index in [2.05, 4.69) is 4.98 Å². The van der Waals surface area contributed by atoms with Gasteiger partial charge in [-0.2, -0.15) is 4.31 Å². The Bertz CT molecular complexity index is 1290. The number of piperazine rings is 1. The number of para-hydroxylation sites is 1. The minimum absolute atomic E-state index is 0.0543. The molecule has 2 atom stereocenters. The monoisotopic (exact) mass is 453 g/mol. The lowest BCUT2D eigenvalue weighted by molar-refractivity contribution is -0.133. The highest BCUT2D eigenvalue weighted by Gasteiger charge is 2.46. The van der Waals surface area contributed by atoms with Crippen LogP contribution < -0.4 is 0 Å². The molecule has 3 aromatic rings. The minimum atomic E-state index is -3.72. The van der Waals surface area contributed by atoms with E-state index in [0.717, 1.165) is 22.9 Å². The molecule has 166 valence electrons. The molecule has 0 spiro atoms. The third-order valence-electron chi connectivity index (χ3n) is 6.38. The second-order valence-corrected chi connectivity index (χ2v) is 10.5. The van der Waals surface area contributed by atoms with Crippen LogP contribution in [0, 0.1) is 18.7 Å². The van der Waals surface area contributed by atoms with Gasteiger partial charge in [0.25, 0.3) is 0 Å². The van der Waals surface area contributed by atoms with E-state index in [1.807, 2.05) is 19.1 Å². The number of amides is 1. The van der Waals surface area contributed by atoms with Crippen LogP contribution in [0.2, 0.25) is 0 Å². The smallest absolute Gasteiger partial charge is 0.245 e. The van der Waals surface area contributed by atoms with E-state index in [-0.39, 0.29) is 41.5 Å². The molecule has 1 aliphatic heterocycles. The summed E-state index contributed by atoms with van der Waals surface area (Å²) in [5, 5.41) is 0.792. The van der Waals surface area contributed by atoms with Crippen molar-refractivity contribution in [2.24, 2.45) is 5.92 Å². The minimum Gasteiger partial charge on any atom is -0.340 e. The van der Waals surface area contributed by atoms with Crippen molar-refractivity contribution in [3.05, 3.63) is 71.7 Å². The molecule has 2 fully saturated rings. The molecule has 8 heteroatoms. The molecule has 0 bridgehead atoms. The molecule has 5 rings (SSSR count). The number of rotatable bonds is 4. The Morgan fingerprint density at radius 1 is 1.06 bits per heavy atom. The summed E-state index contributed by atoms with van der Waals surface area (Å²) in [5.74, 6) is -0.214. The maximum absolute atomic E-state index is 13.3. The van der Waals surface area contributed by atoms with Gasteiger partial charge < -0.3 is 4.90 Å². The van der Waals surface area contributed by atoms with Crippen molar-refractivity contribution in [3.8, 4) is 0 Å². The van der Waals surface area contributed by atoms with Gasteiger partial charge >= 0.3 is 0 Å². The largest absolute Gasteiger partial charge is 0.340 e. The molecular weight excluding hydrogens is 429 g/mol. The van der Waals surface area contributed by atoms with Crippen LogP contribution in [0.15, 0.2) is 59.6 Å². The average molecular weight is 454 g/mol. The summed E-state index contributed by atoms with van der Waals surface area (Å²) in [5.41, 5.74) is 2.42. The number of pyridine rings is 1. The summed E-state index contributed by atoms with van der Waals surface area (Å²) in [6.07, 6.45) is 2.43. The van der Waals surface area contributed by atoms with Crippen LogP contribution in [0.3, 0.4) is 0 Å². The van der Waals surface area contributed by atoms with Crippen molar-refractivity contribution in [2.45, 2.75) is 24.2 Å². The van der Waals surface area contributed by atoms with E-state index < -0.39 is 10.0 Å². The molecule has 1 aromatic heterocycles. The molecule has 6 nitrogen and oxygen atoms in total. The van der Waals surface area contributed by atoms with E-state index >= 15 is 0 Å². The number of sulfonamides is 1. The van der Waals surface area contributed by atoms with Crippen LogP contribution in [0.4, 0.5) is 4.39 Å².